The molecule has 2 fully saturated rings. The standard InChI is InChI=1S/C16H28N2/c1-16(2,3)10-6-12-18(15-8-9-15)13-14-7-4-5-11-17-14/h14-15,17H,4-5,7-9,11-13H2,1-3H3. The molecular formula is C16H28N2. The first-order valence-electron chi connectivity index (χ1n) is 7.52. The smallest absolute Gasteiger partial charge is 0.0604 e. The van der Waals surface area contributed by atoms with E-state index in [4.69, 9.17) is 0 Å². The molecule has 1 aliphatic heterocycles. The van der Waals surface area contributed by atoms with Crippen LogP contribution in [0.5, 0.6) is 0 Å². The lowest BCUT2D eigenvalue weighted by Gasteiger charge is -2.29. The van der Waals surface area contributed by atoms with E-state index in [1.807, 2.05) is 0 Å². The Hall–Kier alpha value is -0.520. The van der Waals surface area contributed by atoms with E-state index in [2.05, 4.69) is 42.8 Å². The molecular weight excluding hydrogens is 220 g/mol. The van der Waals surface area contributed by atoms with E-state index >= 15 is 0 Å². The molecule has 2 aliphatic rings. The molecule has 1 atom stereocenters. The summed E-state index contributed by atoms with van der Waals surface area (Å²) in [7, 11) is 0. The normalized spacial score (nSPS) is 24.8. The van der Waals surface area contributed by atoms with Crippen molar-refractivity contribution in [2.24, 2.45) is 5.41 Å². The van der Waals surface area contributed by atoms with Gasteiger partial charge in [0.1, 0.15) is 0 Å². The predicted molar refractivity (Wildman–Crippen MR) is 77.5 cm³/mol. The van der Waals surface area contributed by atoms with Gasteiger partial charge in [-0.2, -0.15) is 0 Å². The van der Waals surface area contributed by atoms with Crippen molar-refractivity contribution in [1.29, 1.82) is 0 Å². The highest BCUT2D eigenvalue weighted by atomic mass is 15.2. The first kappa shape index (κ1) is 13.9. The molecule has 0 aromatic rings. The van der Waals surface area contributed by atoms with Gasteiger partial charge in [0.25, 0.3) is 0 Å². The van der Waals surface area contributed by atoms with E-state index in [9.17, 15) is 0 Å². The molecule has 0 spiro atoms. The van der Waals surface area contributed by atoms with Gasteiger partial charge >= 0.3 is 0 Å². The molecule has 1 saturated heterocycles. The Labute approximate surface area is 113 Å². The van der Waals surface area contributed by atoms with E-state index < -0.39 is 0 Å². The van der Waals surface area contributed by atoms with Crippen molar-refractivity contribution in [2.45, 2.75) is 65.0 Å². The van der Waals surface area contributed by atoms with Crippen molar-refractivity contribution in [3.63, 3.8) is 0 Å². The van der Waals surface area contributed by atoms with Crippen LogP contribution in [0.15, 0.2) is 0 Å². The summed E-state index contributed by atoms with van der Waals surface area (Å²) in [4.78, 5) is 2.60. The highest BCUT2D eigenvalue weighted by Gasteiger charge is 2.30. The summed E-state index contributed by atoms with van der Waals surface area (Å²) >= 11 is 0. The molecule has 1 unspecified atom stereocenters. The predicted octanol–water partition coefficient (Wildman–Crippen LogP) is 2.64. The lowest BCUT2D eigenvalue weighted by Crippen LogP contribution is -2.44. The minimum Gasteiger partial charge on any atom is -0.313 e. The largest absolute Gasteiger partial charge is 0.313 e. The van der Waals surface area contributed by atoms with Crippen LogP contribution in [-0.2, 0) is 0 Å². The van der Waals surface area contributed by atoms with Gasteiger partial charge in [-0.15, -0.1) is 0 Å². The van der Waals surface area contributed by atoms with Gasteiger partial charge in [0.05, 0.1) is 6.54 Å². The second-order valence-corrected chi connectivity index (χ2v) is 6.86. The zero-order valence-corrected chi connectivity index (χ0v) is 12.3. The molecule has 1 saturated carbocycles. The zero-order valence-electron chi connectivity index (χ0n) is 12.3. The highest BCUT2D eigenvalue weighted by Crippen LogP contribution is 2.27. The maximum atomic E-state index is 3.65. The fourth-order valence-corrected chi connectivity index (χ4v) is 2.55. The van der Waals surface area contributed by atoms with Gasteiger partial charge in [-0.25, -0.2) is 0 Å². The second kappa shape index (κ2) is 6.08. The summed E-state index contributed by atoms with van der Waals surface area (Å²) in [5.41, 5.74) is 0.137. The summed E-state index contributed by atoms with van der Waals surface area (Å²) < 4.78 is 0. The molecule has 102 valence electrons. The Morgan fingerprint density at radius 1 is 1.17 bits per heavy atom. The van der Waals surface area contributed by atoms with E-state index in [0.29, 0.717) is 6.04 Å². The van der Waals surface area contributed by atoms with Crippen LogP contribution in [0.1, 0.15) is 52.9 Å². The maximum Gasteiger partial charge on any atom is 0.0604 e. The fraction of sp³-hybridized carbons (Fsp3) is 0.875. The minimum atomic E-state index is 0.137. The molecule has 0 radical (unpaired) electrons. The Morgan fingerprint density at radius 3 is 2.50 bits per heavy atom. The van der Waals surface area contributed by atoms with Crippen molar-refractivity contribution >= 4 is 0 Å². The van der Waals surface area contributed by atoms with Crippen LogP contribution in [0.25, 0.3) is 0 Å². The number of hydrogen-bond acceptors (Lipinski definition) is 2. The van der Waals surface area contributed by atoms with Crippen LogP contribution < -0.4 is 5.32 Å². The van der Waals surface area contributed by atoms with Crippen LogP contribution in [-0.4, -0.2) is 36.6 Å². The van der Waals surface area contributed by atoms with Gasteiger partial charge in [-0.3, -0.25) is 4.90 Å². The van der Waals surface area contributed by atoms with E-state index in [0.717, 1.165) is 12.6 Å². The lowest BCUT2D eigenvalue weighted by atomic mass is 9.98. The van der Waals surface area contributed by atoms with Gasteiger partial charge in [0.15, 0.2) is 0 Å². The third-order valence-electron chi connectivity index (χ3n) is 3.68. The number of piperidine rings is 1. The van der Waals surface area contributed by atoms with Crippen LogP contribution >= 0.6 is 0 Å². The van der Waals surface area contributed by atoms with Crippen LogP contribution in [0.4, 0.5) is 0 Å². The quantitative estimate of drug-likeness (QED) is 0.770. The maximum absolute atomic E-state index is 3.65. The van der Waals surface area contributed by atoms with Gasteiger partial charge in [0.2, 0.25) is 0 Å². The van der Waals surface area contributed by atoms with Crippen molar-refractivity contribution < 1.29 is 0 Å². The zero-order chi connectivity index (χ0) is 13.0. The molecule has 2 rings (SSSR count). The molecule has 2 nitrogen and oxygen atoms in total. The summed E-state index contributed by atoms with van der Waals surface area (Å²) in [6.07, 6.45) is 6.84. The molecule has 1 N–H and O–H groups in total. The Morgan fingerprint density at radius 2 is 1.94 bits per heavy atom. The van der Waals surface area contributed by atoms with Crippen molar-refractivity contribution in [2.75, 3.05) is 19.6 Å². The third-order valence-corrected chi connectivity index (χ3v) is 3.68. The number of nitrogens with zero attached hydrogens (tertiary/aromatic N) is 1. The first-order chi connectivity index (χ1) is 8.54. The van der Waals surface area contributed by atoms with E-state index in [1.165, 1.54) is 45.2 Å². The summed E-state index contributed by atoms with van der Waals surface area (Å²) in [5.74, 6) is 6.74. The van der Waals surface area contributed by atoms with Crippen molar-refractivity contribution in [3.05, 3.63) is 0 Å². The fourth-order valence-electron chi connectivity index (χ4n) is 2.55. The number of rotatable bonds is 4. The van der Waals surface area contributed by atoms with Crippen molar-refractivity contribution in [3.8, 4) is 11.8 Å². The molecule has 0 bridgehead atoms. The van der Waals surface area contributed by atoms with Gasteiger partial charge in [-0.1, -0.05) is 18.3 Å². The molecule has 1 heterocycles. The van der Waals surface area contributed by atoms with Crippen LogP contribution in [0.2, 0.25) is 0 Å². The highest BCUT2D eigenvalue weighted by molar-refractivity contribution is 5.09. The topological polar surface area (TPSA) is 15.3 Å². The van der Waals surface area contributed by atoms with Gasteiger partial charge in [0, 0.05) is 24.0 Å². The summed E-state index contributed by atoms with van der Waals surface area (Å²) in [5, 5.41) is 3.65. The Bertz CT molecular complexity index is 308. The average Bonchev–Trinajstić information content (AvgIpc) is 3.11. The molecule has 0 aromatic carbocycles. The van der Waals surface area contributed by atoms with Crippen LogP contribution in [0.3, 0.4) is 0 Å². The lowest BCUT2D eigenvalue weighted by molar-refractivity contribution is 0.237. The number of nitrogens with one attached hydrogen (secondary N) is 1. The molecule has 0 aromatic heterocycles. The summed E-state index contributed by atoms with van der Waals surface area (Å²) in [6, 6.07) is 1.53. The minimum absolute atomic E-state index is 0.137. The second-order valence-electron chi connectivity index (χ2n) is 6.86. The van der Waals surface area contributed by atoms with Gasteiger partial charge < -0.3 is 5.32 Å². The first-order valence-corrected chi connectivity index (χ1v) is 7.52. The van der Waals surface area contributed by atoms with Crippen LogP contribution in [0, 0.1) is 17.3 Å². The van der Waals surface area contributed by atoms with Gasteiger partial charge in [-0.05, 0) is 53.0 Å². The Kier molecular flexibility index (Phi) is 4.70. The SMILES string of the molecule is CC(C)(C)C#CCN(CC1CCCCN1)C1CC1. The number of hydrogen-bond donors (Lipinski definition) is 1. The molecule has 2 heteroatoms. The van der Waals surface area contributed by atoms with E-state index in [1.54, 1.807) is 0 Å². The monoisotopic (exact) mass is 248 g/mol. The molecule has 18 heavy (non-hydrogen) atoms. The average molecular weight is 248 g/mol. The third kappa shape index (κ3) is 5.00. The molecule has 1 aliphatic carbocycles. The van der Waals surface area contributed by atoms with E-state index in [-0.39, 0.29) is 5.41 Å². The van der Waals surface area contributed by atoms with Crippen molar-refractivity contribution in [1.82, 2.24) is 10.2 Å². The molecule has 0 amide bonds. The Balaban J connectivity index is 1.81. The summed E-state index contributed by atoms with van der Waals surface area (Å²) in [6.45, 7) is 9.92.